The summed E-state index contributed by atoms with van der Waals surface area (Å²) in [6, 6.07) is 4.11. The summed E-state index contributed by atoms with van der Waals surface area (Å²) in [6.45, 7) is 1.11. The average molecular weight is 401 g/mol. The molecule has 0 bridgehead atoms. The standard InChI is InChI=1S/C20H23N3O6/c1-22(16-4-5-17(25)21-18(16)26)19(27)15-3-2-14(10-13(15)11-24)23-8-6-12(7-9-23)20(28)29/h2-3,10-12,16H,4-9H2,1H3,(H,28,29)(H,21,25,26). The Morgan fingerprint density at radius 3 is 2.48 bits per heavy atom. The molecule has 2 aliphatic heterocycles. The van der Waals surface area contributed by atoms with E-state index in [-0.39, 0.29) is 35.8 Å². The van der Waals surface area contributed by atoms with Gasteiger partial charge in [0.15, 0.2) is 6.29 Å². The molecule has 0 radical (unpaired) electrons. The Morgan fingerprint density at radius 1 is 1.21 bits per heavy atom. The molecule has 0 saturated carbocycles. The van der Waals surface area contributed by atoms with Crippen molar-refractivity contribution in [3.05, 3.63) is 29.3 Å². The highest BCUT2D eigenvalue weighted by atomic mass is 16.4. The number of carbonyl (C=O) groups is 5. The molecule has 1 atom stereocenters. The number of rotatable bonds is 5. The van der Waals surface area contributed by atoms with Gasteiger partial charge in [-0.15, -0.1) is 0 Å². The lowest BCUT2D eigenvalue weighted by Crippen LogP contribution is -2.53. The van der Waals surface area contributed by atoms with E-state index >= 15 is 0 Å². The number of piperidine rings is 2. The number of anilines is 1. The van der Waals surface area contributed by atoms with Crippen LogP contribution in [0, 0.1) is 5.92 Å². The Labute approximate surface area is 167 Å². The monoisotopic (exact) mass is 401 g/mol. The molecule has 9 nitrogen and oxygen atoms in total. The summed E-state index contributed by atoms with van der Waals surface area (Å²) in [5.74, 6) is -2.52. The van der Waals surface area contributed by atoms with Crippen LogP contribution in [0.4, 0.5) is 5.69 Å². The molecule has 2 fully saturated rings. The summed E-state index contributed by atoms with van der Waals surface area (Å²) in [4.78, 5) is 62.2. The molecular weight excluding hydrogens is 378 g/mol. The van der Waals surface area contributed by atoms with Crippen LogP contribution in [0.15, 0.2) is 18.2 Å². The number of nitrogens with one attached hydrogen (secondary N) is 1. The van der Waals surface area contributed by atoms with E-state index in [2.05, 4.69) is 5.32 Å². The van der Waals surface area contributed by atoms with Gasteiger partial charge in [-0.3, -0.25) is 29.3 Å². The van der Waals surface area contributed by atoms with Gasteiger partial charge in [0.1, 0.15) is 6.04 Å². The third-order valence-corrected chi connectivity index (χ3v) is 5.60. The van der Waals surface area contributed by atoms with Crippen LogP contribution in [0.1, 0.15) is 46.4 Å². The van der Waals surface area contributed by atoms with Crippen LogP contribution in [0.3, 0.4) is 0 Å². The third kappa shape index (κ3) is 4.28. The number of carboxylic acid groups (broad SMARTS) is 1. The lowest BCUT2D eigenvalue weighted by molar-refractivity contribution is -0.142. The molecule has 2 N–H and O–H groups in total. The molecule has 3 amide bonds. The normalized spacial score (nSPS) is 20.2. The molecule has 2 saturated heterocycles. The number of hydrogen-bond donors (Lipinski definition) is 2. The van der Waals surface area contributed by atoms with Gasteiger partial charge >= 0.3 is 5.97 Å². The minimum absolute atomic E-state index is 0.153. The zero-order valence-electron chi connectivity index (χ0n) is 16.1. The second kappa shape index (κ2) is 8.42. The highest BCUT2D eigenvalue weighted by Crippen LogP contribution is 2.26. The maximum atomic E-state index is 12.9. The van der Waals surface area contributed by atoms with E-state index in [0.29, 0.717) is 32.2 Å². The maximum absolute atomic E-state index is 12.9. The topological polar surface area (TPSA) is 124 Å². The number of hydrogen-bond acceptors (Lipinski definition) is 6. The Kier molecular flexibility index (Phi) is 5.95. The second-order valence-electron chi connectivity index (χ2n) is 7.37. The van der Waals surface area contributed by atoms with Crippen molar-refractivity contribution >= 4 is 35.7 Å². The van der Waals surface area contributed by atoms with E-state index in [4.69, 9.17) is 5.11 Å². The van der Waals surface area contributed by atoms with Crippen LogP contribution in [-0.2, 0) is 14.4 Å². The molecule has 1 unspecified atom stereocenters. The molecule has 2 aliphatic rings. The van der Waals surface area contributed by atoms with Gasteiger partial charge in [-0.1, -0.05) is 0 Å². The Balaban J connectivity index is 1.76. The lowest BCUT2D eigenvalue weighted by atomic mass is 9.96. The zero-order valence-corrected chi connectivity index (χ0v) is 16.1. The number of aliphatic carboxylic acids is 1. The summed E-state index contributed by atoms with van der Waals surface area (Å²) >= 11 is 0. The van der Waals surface area contributed by atoms with Crippen molar-refractivity contribution in [1.29, 1.82) is 0 Å². The number of carbonyl (C=O) groups excluding carboxylic acids is 4. The first-order valence-electron chi connectivity index (χ1n) is 9.49. The van der Waals surface area contributed by atoms with Gasteiger partial charge < -0.3 is 14.9 Å². The van der Waals surface area contributed by atoms with Crippen LogP contribution < -0.4 is 10.2 Å². The molecule has 1 aromatic rings. The molecule has 154 valence electrons. The number of aldehydes is 1. The predicted molar refractivity (Wildman–Crippen MR) is 103 cm³/mol. The van der Waals surface area contributed by atoms with Crippen molar-refractivity contribution in [1.82, 2.24) is 10.2 Å². The van der Waals surface area contributed by atoms with E-state index in [1.807, 2.05) is 4.90 Å². The van der Waals surface area contributed by atoms with E-state index in [1.165, 1.54) is 11.9 Å². The SMILES string of the molecule is CN(C(=O)c1ccc(N2CCC(C(=O)O)CC2)cc1C=O)C1CCC(=O)NC1=O. The maximum Gasteiger partial charge on any atom is 0.306 e. The smallest absolute Gasteiger partial charge is 0.306 e. The van der Waals surface area contributed by atoms with Crippen LogP contribution >= 0.6 is 0 Å². The minimum atomic E-state index is -0.796. The van der Waals surface area contributed by atoms with Crippen LogP contribution in [-0.4, -0.2) is 66.2 Å². The fourth-order valence-electron chi connectivity index (χ4n) is 3.81. The Hall–Kier alpha value is -3.23. The van der Waals surface area contributed by atoms with Crippen molar-refractivity contribution in [2.75, 3.05) is 25.0 Å². The molecule has 9 heteroatoms. The molecule has 29 heavy (non-hydrogen) atoms. The zero-order chi connectivity index (χ0) is 21.1. The lowest BCUT2D eigenvalue weighted by Gasteiger charge is -2.32. The first kappa shape index (κ1) is 20.5. The number of nitrogens with zero attached hydrogens (tertiary/aromatic N) is 2. The molecule has 3 rings (SSSR count). The van der Waals surface area contributed by atoms with E-state index in [0.717, 1.165) is 5.69 Å². The molecular formula is C20H23N3O6. The first-order chi connectivity index (χ1) is 13.8. The molecule has 0 aliphatic carbocycles. The average Bonchev–Trinajstić information content (AvgIpc) is 2.72. The summed E-state index contributed by atoms with van der Waals surface area (Å²) in [7, 11) is 1.47. The van der Waals surface area contributed by atoms with Gasteiger partial charge in [0.05, 0.1) is 11.5 Å². The van der Waals surface area contributed by atoms with Gasteiger partial charge in [0, 0.05) is 37.8 Å². The van der Waals surface area contributed by atoms with Crippen molar-refractivity contribution in [3.8, 4) is 0 Å². The van der Waals surface area contributed by atoms with Crippen LogP contribution in [0.2, 0.25) is 0 Å². The number of amides is 3. The first-order valence-corrected chi connectivity index (χ1v) is 9.49. The van der Waals surface area contributed by atoms with E-state index in [9.17, 15) is 24.0 Å². The van der Waals surface area contributed by atoms with Crippen LogP contribution in [0.5, 0.6) is 0 Å². The molecule has 0 spiro atoms. The predicted octanol–water partition coefficient (Wildman–Crippen LogP) is 0.677. The number of carboxylic acids is 1. The summed E-state index contributed by atoms with van der Waals surface area (Å²) in [6.07, 6.45) is 2.02. The highest BCUT2D eigenvalue weighted by Gasteiger charge is 2.33. The van der Waals surface area contributed by atoms with E-state index < -0.39 is 23.8 Å². The van der Waals surface area contributed by atoms with Crippen molar-refractivity contribution < 1.29 is 29.1 Å². The summed E-state index contributed by atoms with van der Waals surface area (Å²) in [5.41, 5.74) is 1.12. The van der Waals surface area contributed by atoms with Gasteiger partial charge in [-0.2, -0.15) is 0 Å². The Morgan fingerprint density at radius 2 is 1.90 bits per heavy atom. The van der Waals surface area contributed by atoms with Crippen molar-refractivity contribution in [2.45, 2.75) is 31.7 Å². The van der Waals surface area contributed by atoms with Gasteiger partial charge in [0.25, 0.3) is 5.91 Å². The number of benzene rings is 1. The fourth-order valence-corrected chi connectivity index (χ4v) is 3.81. The largest absolute Gasteiger partial charge is 0.481 e. The quantitative estimate of drug-likeness (QED) is 0.549. The van der Waals surface area contributed by atoms with Crippen molar-refractivity contribution in [3.63, 3.8) is 0 Å². The Bertz CT molecular complexity index is 860. The van der Waals surface area contributed by atoms with Gasteiger partial charge in [0.2, 0.25) is 11.8 Å². The van der Waals surface area contributed by atoms with Crippen LogP contribution in [0.25, 0.3) is 0 Å². The molecule has 2 heterocycles. The minimum Gasteiger partial charge on any atom is -0.481 e. The highest BCUT2D eigenvalue weighted by molar-refractivity contribution is 6.06. The summed E-state index contributed by atoms with van der Waals surface area (Å²) < 4.78 is 0. The molecule has 1 aromatic carbocycles. The fraction of sp³-hybridized carbons (Fsp3) is 0.450. The summed E-state index contributed by atoms with van der Waals surface area (Å²) in [5, 5.41) is 11.3. The number of imide groups is 1. The second-order valence-corrected chi connectivity index (χ2v) is 7.37. The number of likely N-dealkylation sites (N-methyl/N-ethyl adjacent to an activating group) is 1. The van der Waals surface area contributed by atoms with Gasteiger partial charge in [-0.05, 0) is 37.5 Å². The molecule has 0 aromatic heterocycles. The van der Waals surface area contributed by atoms with Crippen molar-refractivity contribution in [2.24, 2.45) is 5.92 Å². The third-order valence-electron chi connectivity index (χ3n) is 5.60. The van der Waals surface area contributed by atoms with E-state index in [1.54, 1.807) is 18.2 Å². The van der Waals surface area contributed by atoms with Gasteiger partial charge in [-0.25, -0.2) is 0 Å².